The van der Waals surface area contributed by atoms with Crippen LogP contribution in [0.25, 0.3) is 0 Å². The van der Waals surface area contributed by atoms with Crippen LogP contribution in [0.3, 0.4) is 0 Å². The van der Waals surface area contributed by atoms with Crippen LogP contribution in [0.1, 0.15) is 29.7 Å². The van der Waals surface area contributed by atoms with Crippen LogP contribution in [0.4, 0.5) is 5.69 Å². The number of anilines is 1. The average Bonchev–Trinajstić information content (AvgIpc) is 2.49. The minimum absolute atomic E-state index is 0.159. The first-order valence-corrected chi connectivity index (χ1v) is 7.11. The fourth-order valence-corrected chi connectivity index (χ4v) is 2.43. The molecule has 0 bridgehead atoms. The van der Waals surface area contributed by atoms with Crippen molar-refractivity contribution in [3.8, 4) is 11.5 Å². The van der Waals surface area contributed by atoms with Crippen LogP contribution in [0, 0.1) is 13.8 Å². The molecule has 1 N–H and O–H groups in total. The summed E-state index contributed by atoms with van der Waals surface area (Å²) < 4.78 is 10.7. The Balaban J connectivity index is 2.25. The van der Waals surface area contributed by atoms with Gasteiger partial charge in [0.1, 0.15) is 11.5 Å². The van der Waals surface area contributed by atoms with Gasteiger partial charge in [0.15, 0.2) is 0 Å². The van der Waals surface area contributed by atoms with E-state index in [2.05, 4.69) is 38.2 Å². The molecule has 0 radical (unpaired) electrons. The van der Waals surface area contributed by atoms with Gasteiger partial charge in [0.05, 0.1) is 20.3 Å². The van der Waals surface area contributed by atoms with Gasteiger partial charge in [-0.05, 0) is 50.6 Å². The number of ether oxygens (including phenoxy) is 2. The number of hydrogen-bond donors (Lipinski definition) is 1. The first-order chi connectivity index (χ1) is 10.0. The Morgan fingerprint density at radius 2 is 1.71 bits per heavy atom. The van der Waals surface area contributed by atoms with Crippen molar-refractivity contribution in [1.29, 1.82) is 0 Å². The lowest BCUT2D eigenvalue weighted by Gasteiger charge is -2.20. The standard InChI is InChI=1S/C18H23NO2/c1-12-6-9-18(21-5)16(10-12)14(3)19-17-8-7-15(20-4)11-13(17)2/h6-11,14,19H,1-5H3. The fourth-order valence-electron chi connectivity index (χ4n) is 2.43. The number of nitrogens with one attached hydrogen (secondary N) is 1. The van der Waals surface area contributed by atoms with E-state index in [1.807, 2.05) is 24.3 Å². The van der Waals surface area contributed by atoms with E-state index in [1.165, 1.54) is 5.56 Å². The molecule has 0 saturated heterocycles. The Labute approximate surface area is 126 Å². The van der Waals surface area contributed by atoms with Crippen LogP contribution in [0.2, 0.25) is 0 Å². The lowest BCUT2D eigenvalue weighted by molar-refractivity contribution is 0.407. The van der Waals surface area contributed by atoms with Gasteiger partial charge in [-0.25, -0.2) is 0 Å². The van der Waals surface area contributed by atoms with Gasteiger partial charge in [-0.2, -0.15) is 0 Å². The average molecular weight is 285 g/mol. The quantitative estimate of drug-likeness (QED) is 0.877. The first kappa shape index (κ1) is 15.2. The summed E-state index contributed by atoms with van der Waals surface area (Å²) in [6, 6.07) is 12.4. The third-order valence-electron chi connectivity index (χ3n) is 3.66. The normalized spacial score (nSPS) is 11.9. The largest absolute Gasteiger partial charge is 0.497 e. The van der Waals surface area contributed by atoms with Crippen LogP contribution in [0.5, 0.6) is 11.5 Å². The molecule has 3 nitrogen and oxygen atoms in total. The summed E-state index contributed by atoms with van der Waals surface area (Å²) in [6.45, 7) is 6.31. The molecule has 0 heterocycles. The Morgan fingerprint density at radius 1 is 0.952 bits per heavy atom. The van der Waals surface area contributed by atoms with Crippen molar-refractivity contribution >= 4 is 5.69 Å². The molecule has 0 aromatic heterocycles. The molecule has 21 heavy (non-hydrogen) atoms. The molecule has 0 saturated carbocycles. The van der Waals surface area contributed by atoms with E-state index in [0.29, 0.717) is 0 Å². The van der Waals surface area contributed by atoms with Crippen LogP contribution in [-0.4, -0.2) is 14.2 Å². The summed E-state index contributed by atoms with van der Waals surface area (Å²) in [5, 5.41) is 3.54. The van der Waals surface area contributed by atoms with Crippen LogP contribution in [0.15, 0.2) is 36.4 Å². The molecule has 0 spiro atoms. The highest BCUT2D eigenvalue weighted by Crippen LogP contribution is 2.30. The summed E-state index contributed by atoms with van der Waals surface area (Å²) in [5.41, 5.74) is 4.65. The smallest absolute Gasteiger partial charge is 0.124 e. The summed E-state index contributed by atoms with van der Waals surface area (Å²) in [5.74, 6) is 1.78. The van der Waals surface area contributed by atoms with Crippen LogP contribution in [-0.2, 0) is 0 Å². The molecular weight excluding hydrogens is 262 g/mol. The molecule has 2 aromatic rings. The minimum Gasteiger partial charge on any atom is -0.497 e. The Morgan fingerprint density at radius 3 is 2.33 bits per heavy atom. The number of rotatable bonds is 5. The highest BCUT2D eigenvalue weighted by atomic mass is 16.5. The Bertz CT molecular complexity index is 623. The molecule has 2 rings (SSSR count). The van der Waals surface area contributed by atoms with E-state index in [-0.39, 0.29) is 6.04 Å². The second-order valence-electron chi connectivity index (χ2n) is 5.29. The van der Waals surface area contributed by atoms with E-state index in [9.17, 15) is 0 Å². The summed E-state index contributed by atoms with van der Waals surface area (Å²) in [4.78, 5) is 0. The van der Waals surface area contributed by atoms with E-state index < -0.39 is 0 Å². The van der Waals surface area contributed by atoms with Crippen molar-refractivity contribution in [2.24, 2.45) is 0 Å². The molecule has 0 aliphatic carbocycles. The summed E-state index contributed by atoms with van der Waals surface area (Å²) >= 11 is 0. The number of hydrogen-bond acceptors (Lipinski definition) is 3. The van der Waals surface area contributed by atoms with Crippen molar-refractivity contribution in [3.63, 3.8) is 0 Å². The summed E-state index contributed by atoms with van der Waals surface area (Å²) in [6.07, 6.45) is 0. The van der Waals surface area contributed by atoms with Crippen LogP contribution < -0.4 is 14.8 Å². The zero-order chi connectivity index (χ0) is 15.4. The third-order valence-corrected chi connectivity index (χ3v) is 3.66. The highest BCUT2D eigenvalue weighted by Gasteiger charge is 2.12. The topological polar surface area (TPSA) is 30.5 Å². The van der Waals surface area contributed by atoms with Gasteiger partial charge in [0.2, 0.25) is 0 Å². The second-order valence-corrected chi connectivity index (χ2v) is 5.29. The first-order valence-electron chi connectivity index (χ1n) is 7.11. The lowest BCUT2D eigenvalue weighted by atomic mass is 10.0. The van der Waals surface area contributed by atoms with Gasteiger partial charge < -0.3 is 14.8 Å². The Kier molecular flexibility index (Phi) is 4.73. The maximum Gasteiger partial charge on any atom is 0.124 e. The number of benzene rings is 2. The maximum absolute atomic E-state index is 5.47. The van der Waals surface area contributed by atoms with Crippen molar-refractivity contribution in [2.45, 2.75) is 26.8 Å². The molecule has 112 valence electrons. The highest BCUT2D eigenvalue weighted by molar-refractivity contribution is 5.55. The molecule has 3 heteroatoms. The van der Waals surface area contributed by atoms with Gasteiger partial charge in [0.25, 0.3) is 0 Å². The predicted molar refractivity (Wildman–Crippen MR) is 87.5 cm³/mol. The zero-order valence-corrected chi connectivity index (χ0v) is 13.4. The van der Waals surface area contributed by atoms with Gasteiger partial charge >= 0.3 is 0 Å². The molecule has 1 unspecified atom stereocenters. The van der Waals surface area contributed by atoms with Gasteiger partial charge in [-0.1, -0.05) is 17.7 Å². The molecule has 0 aliphatic rings. The van der Waals surface area contributed by atoms with E-state index in [0.717, 1.165) is 28.3 Å². The maximum atomic E-state index is 5.47. The molecule has 1 atom stereocenters. The molecule has 0 aliphatic heterocycles. The molecular formula is C18H23NO2. The van der Waals surface area contributed by atoms with Gasteiger partial charge in [0, 0.05) is 11.3 Å². The summed E-state index contributed by atoms with van der Waals surface area (Å²) in [7, 11) is 3.39. The fraction of sp³-hybridized carbons (Fsp3) is 0.333. The second kappa shape index (κ2) is 6.53. The van der Waals surface area contributed by atoms with E-state index in [1.54, 1.807) is 14.2 Å². The van der Waals surface area contributed by atoms with Crippen molar-refractivity contribution in [2.75, 3.05) is 19.5 Å². The van der Waals surface area contributed by atoms with E-state index >= 15 is 0 Å². The van der Waals surface area contributed by atoms with Gasteiger partial charge in [-0.15, -0.1) is 0 Å². The number of aryl methyl sites for hydroxylation is 2. The molecule has 0 amide bonds. The SMILES string of the molecule is COc1ccc(NC(C)c2cc(C)ccc2OC)c(C)c1. The van der Waals surface area contributed by atoms with Crippen molar-refractivity contribution in [1.82, 2.24) is 0 Å². The predicted octanol–water partition coefficient (Wildman–Crippen LogP) is 4.49. The monoisotopic (exact) mass is 285 g/mol. The molecule has 0 fully saturated rings. The number of methoxy groups -OCH3 is 2. The molecule has 2 aromatic carbocycles. The van der Waals surface area contributed by atoms with Gasteiger partial charge in [-0.3, -0.25) is 0 Å². The van der Waals surface area contributed by atoms with Crippen molar-refractivity contribution in [3.05, 3.63) is 53.1 Å². The third kappa shape index (κ3) is 3.48. The zero-order valence-electron chi connectivity index (χ0n) is 13.4. The van der Waals surface area contributed by atoms with Crippen molar-refractivity contribution < 1.29 is 9.47 Å². The Hall–Kier alpha value is -2.16. The van der Waals surface area contributed by atoms with Crippen LogP contribution >= 0.6 is 0 Å². The minimum atomic E-state index is 0.159. The van der Waals surface area contributed by atoms with E-state index in [4.69, 9.17) is 9.47 Å². The lowest BCUT2D eigenvalue weighted by Crippen LogP contribution is -2.09.